The minimum atomic E-state index is -0.155. The molecule has 15 aromatic rings. The Hall–Kier alpha value is -11.2. The van der Waals surface area contributed by atoms with Crippen molar-refractivity contribution in [1.29, 1.82) is 0 Å². The molecule has 0 unspecified atom stereocenters. The Morgan fingerprint density at radius 2 is 0.766 bits per heavy atom. The zero-order valence-corrected chi connectivity index (χ0v) is 52.7. The number of nitrogens with zero attached hydrogens (tertiary/aromatic N) is 4. The Kier molecular flexibility index (Phi) is 11.2. The summed E-state index contributed by atoms with van der Waals surface area (Å²) in [5.74, 6) is 3.34. The minimum Gasteiger partial charge on any atom is -0.458 e. The van der Waals surface area contributed by atoms with E-state index in [1.54, 1.807) is 0 Å². The van der Waals surface area contributed by atoms with Crippen LogP contribution in [0.5, 0.6) is 23.0 Å². The molecule has 6 nitrogen and oxygen atoms in total. The molecule has 0 atom stereocenters. The number of rotatable bonds is 6. The fourth-order valence-electron chi connectivity index (χ4n) is 17.3. The molecule has 5 aliphatic rings. The molecular formula is C86H62B2N4O2. The Morgan fingerprint density at radius 1 is 0.309 bits per heavy atom. The lowest BCUT2D eigenvalue weighted by molar-refractivity contribution is 0.333. The summed E-state index contributed by atoms with van der Waals surface area (Å²) in [6, 6.07) is 104. The van der Waals surface area contributed by atoms with Gasteiger partial charge in [0.25, 0.3) is 13.4 Å². The molecule has 444 valence electrons. The lowest BCUT2D eigenvalue weighted by Gasteiger charge is -2.44. The van der Waals surface area contributed by atoms with Crippen molar-refractivity contribution >= 4 is 124 Å². The molecule has 0 N–H and O–H groups in total. The van der Waals surface area contributed by atoms with Crippen molar-refractivity contribution in [2.45, 2.75) is 51.4 Å². The number of hydrogen-bond acceptors (Lipinski definition) is 4. The van der Waals surface area contributed by atoms with Gasteiger partial charge in [0.05, 0.1) is 22.1 Å². The summed E-state index contributed by atoms with van der Waals surface area (Å²) < 4.78 is 19.5. The summed E-state index contributed by atoms with van der Waals surface area (Å²) in [5.41, 5.74) is 28.2. The fourth-order valence-corrected chi connectivity index (χ4v) is 17.3. The van der Waals surface area contributed by atoms with Gasteiger partial charge in [-0.15, -0.1) is 0 Å². The third-order valence-electron chi connectivity index (χ3n) is 21.6. The second-order valence-electron chi connectivity index (χ2n) is 27.7. The summed E-state index contributed by atoms with van der Waals surface area (Å²) in [7, 11) is 0. The van der Waals surface area contributed by atoms with Crippen molar-refractivity contribution in [3.63, 3.8) is 0 Å². The Morgan fingerprint density at radius 3 is 1.31 bits per heavy atom. The molecule has 0 saturated carbocycles. The highest BCUT2D eigenvalue weighted by atomic mass is 16.5. The summed E-state index contributed by atoms with van der Waals surface area (Å²) in [4.78, 5) is 5.07. The number of fused-ring (bicyclic) bond motifs is 15. The van der Waals surface area contributed by atoms with Gasteiger partial charge in [-0.1, -0.05) is 198 Å². The van der Waals surface area contributed by atoms with Crippen LogP contribution in [0.2, 0.25) is 0 Å². The molecule has 0 spiro atoms. The van der Waals surface area contributed by atoms with Gasteiger partial charge in [-0.2, -0.15) is 0 Å². The zero-order valence-electron chi connectivity index (χ0n) is 52.7. The second-order valence-corrected chi connectivity index (χ2v) is 27.7. The van der Waals surface area contributed by atoms with Crippen LogP contribution in [0.4, 0.5) is 34.1 Å². The molecule has 0 amide bonds. The van der Waals surface area contributed by atoms with Crippen molar-refractivity contribution in [1.82, 2.24) is 9.13 Å². The van der Waals surface area contributed by atoms with Gasteiger partial charge in [0.2, 0.25) is 0 Å². The van der Waals surface area contributed by atoms with E-state index in [-0.39, 0.29) is 24.3 Å². The fraction of sp³-hybridized carbons (Fsp3) is 0.0930. The molecule has 6 heterocycles. The SMILES string of the molecule is CC1(C)CCC(C)(C)c2c(-c3ccc4c(c3)B3c5ccccc5Oc5cc(-c6cc7c8c(c6)N(c6ccccc6)c6cc(-n9c%10ccccc%10c%10ccccc%109)ccc6B8c6ccc(-n8c9ccccc9c9ccccc98)cc6N7c6ccccc6)cc(c53)O4)cccc21. The molecule has 8 heteroatoms. The van der Waals surface area contributed by atoms with Crippen LogP contribution < -0.4 is 52.1 Å². The van der Waals surface area contributed by atoms with Gasteiger partial charge in [0.1, 0.15) is 23.0 Å². The van der Waals surface area contributed by atoms with E-state index in [1.807, 2.05) is 0 Å². The molecular weight excluding hydrogens is 1140 g/mol. The van der Waals surface area contributed by atoms with Crippen LogP contribution in [-0.2, 0) is 10.8 Å². The van der Waals surface area contributed by atoms with Gasteiger partial charge in [-0.05, 0) is 194 Å². The van der Waals surface area contributed by atoms with Gasteiger partial charge in [-0.25, -0.2) is 0 Å². The Balaban J connectivity index is 0.834. The monoisotopic (exact) mass is 1200 g/mol. The average Bonchev–Trinajstić information content (AvgIpc) is 1.21. The first-order valence-corrected chi connectivity index (χ1v) is 33.2. The zero-order chi connectivity index (χ0) is 62.3. The van der Waals surface area contributed by atoms with Crippen LogP contribution >= 0.6 is 0 Å². The summed E-state index contributed by atoms with van der Waals surface area (Å²) in [6.07, 6.45) is 2.30. The number of hydrogen-bond donors (Lipinski definition) is 0. The average molecular weight is 1210 g/mol. The number of aromatic nitrogens is 2. The first kappa shape index (κ1) is 53.5. The van der Waals surface area contributed by atoms with Crippen LogP contribution in [0.3, 0.4) is 0 Å². The van der Waals surface area contributed by atoms with E-state index in [2.05, 4.69) is 326 Å². The van der Waals surface area contributed by atoms with Crippen LogP contribution in [0.15, 0.2) is 279 Å². The predicted octanol–water partition coefficient (Wildman–Crippen LogP) is 18.4. The lowest BCUT2D eigenvalue weighted by Crippen LogP contribution is -2.61. The number of ether oxygens (including phenoxy) is 2. The van der Waals surface area contributed by atoms with Gasteiger partial charge in [0, 0.05) is 72.5 Å². The van der Waals surface area contributed by atoms with Crippen molar-refractivity contribution < 1.29 is 9.47 Å². The van der Waals surface area contributed by atoms with Crippen LogP contribution in [0.25, 0.3) is 77.2 Å². The maximum absolute atomic E-state index is 7.36. The van der Waals surface area contributed by atoms with Gasteiger partial charge < -0.3 is 28.4 Å². The molecule has 0 saturated heterocycles. The van der Waals surface area contributed by atoms with Crippen LogP contribution in [0, 0.1) is 0 Å². The number of benzene rings is 13. The van der Waals surface area contributed by atoms with E-state index in [9.17, 15) is 0 Å². The molecule has 0 bridgehead atoms. The number of anilines is 6. The molecule has 0 fully saturated rings. The first-order chi connectivity index (χ1) is 46.1. The van der Waals surface area contributed by atoms with Crippen molar-refractivity contribution in [3.8, 4) is 56.6 Å². The van der Waals surface area contributed by atoms with Crippen molar-refractivity contribution in [2.24, 2.45) is 0 Å². The standard InChI is InChI=1S/C86H62B2N4O2/c1-85(2)44-45-86(3,4)82-60(30-21-31-65(82)85)53-38-43-79-69(46-53)88-68-32-15-20-37-78(68)93-80-49-55(50-81(94-79)84(80)88)54-47-76-83-77(48-54)90(57-24-9-6-10-25-57)75-52-59(92-72-35-18-13-28-63(72)64-29-14-19-36-73(64)92)40-42-67(75)87(83)66-41-39-58(51-74(66)89(76)56-22-7-5-8-23-56)91-70-33-16-11-26-61(70)62-27-12-17-34-71(62)91/h5-43,46-52H,44-45H2,1-4H3. The van der Waals surface area contributed by atoms with Gasteiger partial charge in [0.15, 0.2) is 0 Å². The lowest BCUT2D eigenvalue weighted by atomic mass is 9.33. The van der Waals surface area contributed by atoms with Crippen LogP contribution in [0.1, 0.15) is 51.7 Å². The third-order valence-corrected chi connectivity index (χ3v) is 21.6. The smallest absolute Gasteiger partial charge is 0.260 e. The van der Waals surface area contributed by atoms with E-state index in [0.717, 1.165) is 109 Å². The third kappa shape index (κ3) is 7.62. The van der Waals surface area contributed by atoms with Gasteiger partial charge >= 0.3 is 0 Å². The Labute approximate surface area is 547 Å². The highest BCUT2D eigenvalue weighted by molar-refractivity contribution is 7.00. The van der Waals surface area contributed by atoms with Crippen molar-refractivity contribution in [3.05, 3.63) is 290 Å². The van der Waals surface area contributed by atoms with Crippen molar-refractivity contribution in [2.75, 3.05) is 9.80 Å². The normalized spacial score (nSPS) is 15.0. The molecule has 94 heavy (non-hydrogen) atoms. The molecule has 1 aliphatic carbocycles. The predicted molar refractivity (Wildman–Crippen MR) is 393 cm³/mol. The summed E-state index contributed by atoms with van der Waals surface area (Å²) in [5, 5.41) is 4.93. The molecule has 20 rings (SSSR count). The van der Waals surface area contributed by atoms with E-state index >= 15 is 0 Å². The summed E-state index contributed by atoms with van der Waals surface area (Å²) >= 11 is 0. The first-order valence-electron chi connectivity index (χ1n) is 33.2. The van der Waals surface area contributed by atoms with E-state index < -0.39 is 0 Å². The van der Waals surface area contributed by atoms with E-state index in [1.165, 1.54) is 82.3 Å². The maximum Gasteiger partial charge on any atom is 0.260 e. The number of para-hydroxylation sites is 7. The molecule has 2 aromatic heterocycles. The van der Waals surface area contributed by atoms with Crippen LogP contribution in [-0.4, -0.2) is 22.6 Å². The maximum atomic E-state index is 7.36. The molecule has 0 radical (unpaired) electrons. The largest absolute Gasteiger partial charge is 0.458 e. The summed E-state index contributed by atoms with van der Waals surface area (Å²) in [6.45, 7) is 9.42. The molecule has 13 aromatic carbocycles. The van der Waals surface area contributed by atoms with E-state index in [0.29, 0.717) is 0 Å². The van der Waals surface area contributed by atoms with E-state index in [4.69, 9.17) is 9.47 Å². The highest BCUT2D eigenvalue weighted by Crippen LogP contribution is 2.52. The Bertz CT molecular complexity index is 5390. The second kappa shape index (κ2) is 19.7. The van der Waals surface area contributed by atoms with Gasteiger partial charge in [-0.3, -0.25) is 0 Å². The highest BCUT2D eigenvalue weighted by Gasteiger charge is 2.46. The topological polar surface area (TPSA) is 34.8 Å². The quantitative estimate of drug-likeness (QED) is 0.155. The molecule has 4 aliphatic heterocycles. The minimum absolute atomic E-state index is 0.0290.